The highest BCUT2D eigenvalue weighted by Crippen LogP contribution is 1.91. The van der Waals surface area contributed by atoms with Crippen molar-refractivity contribution >= 4 is 29.1 Å². The second-order valence-corrected chi connectivity index (χ2v) is 3.37. The van der Waals surface area contributed by atoms with Gasteiger partial charge in [-0.3, -0.25) is 4.79 Å². The SMILES string of the molecule is N#C/C(=C/NCCCl)C(=O)NCCCCl. The number of rotatable bonds is 7. The number of nitriles is 1. The lowest BCUT2D eigenvalue weighted by molar-refractivity contribution is -0.117. The Kier molecular flexibility index (Phi) is 9.04. The minimum atomic E-state index is -0.398. The molecule has 0 aliphatic rings. The Hall–Kier alpha value is -0.920. The van der Waals surface area contributed by atoms with Gasteiger partial charge < -0.3 is 10.6 Å². The lowest BCUT2D eigenvalue weighted by Gasteiger charge is -2.02. The third-order valence-electron chi connectivity index (χ3n) is 1.45. The van der Waals surface area contributed by atoms with Gasteiger partial charge in [0.15, 0.2) is 0 Å². The molecule has 84 valence electrons. The summed E-state index contributed by atoms with van der Waals surface area (Å²) in [5, 5.41) is 14.0. The number of halogens is 2. The fraction of sp³-hybridized carbons (Fsp3) is 0.556. The van der Waals surface area contributed by atoms with Crippen molar-refractivity contribution in [2.75, 3.05) is 24.8 Å². The molecule has 0 saturated heterocycles. The summed E-state index contributed by atoms with van der Waals surface area (Å²) in [6.07, 6.45) is 2.04. The smallest absolute Gasteiger partial charge is 0.263 e. The third-order valence-corrected chi connectivity index (χ3v) is 1.90. The molecule has 0 aromatic heterocycles. The molecule has 0 bridgehead atoms. The van der Waals surface area contributed by atoms with E-state index < -0.39 is 5.91 Å². The molecule has 0 aromatic rings. The molecule has 0 heterocycles. The summed E-state index contributed by atoms with van der Waals surface area (Å²) in [7, 11) is 0. The summed E-state index contributed by atoms with van der Waals surface area (Å²) in [6, 6.07) is 1.80. The molecule has 2 N–H and O–H groups in total. The summed E-state index contributed by atoms with van der Waals surface area (Å²) in [6.45, 7) is 0.985. The third kappa shape index (κ3) is 7.06. The lowest BCUT2D eigenvalue weighted by atomic mass is 10.3. The molecule has 0 rings (SSSR count). The standard InChI is InChI=1S/C9H13Cl2N3O/c10-2-1-4-14-9(15)8(6-12)7-13-5-3-11/h7,13H,1-5H2,(H,14,15)/b8-7-. The average Bonchev–Trinajstić information content (AvgIpc) is 2.24. The molecule has 0 aliphatic carbocycles. The Labute approximate surface area is 99.2 Å². The van der Waals surface area contributed by atoms with E-state index in [1.807, 2.05) is 0 Å². The van der Waals surface area contributed by atoms with Gasteiger partial charge in [0.1, 0.15) is 11.6 Å². The molecule has 0 fully saturated rings. The van der Waals surface area contributed by atoms with Crippen molar-refractivity contribution in [1.29, 1.82) is 5.26 Å². The van der Waals surface area contributed by atoms with Crippen LogP contribution in [0.2, 0.25) is 0 Å². The second kappa shape index (κ2) is 9.63. The molecule has 0 atom stereocenters. The van der Waals surface area contributed by atoms with Gasteiger partial charge in [0, 0.05) is 31.0 Å². The zero-order valence-corrected chi connectivity index (χ0v) is 9.74. The molecular weight excluding hydrogens is 237 g/mol. The van der Waals surface area contributed by atoms with Gasteiger partial charge in [-0.15, -0.1) is 23.2 Å². The van der Waals surface area contributed by atoms with Gasteiger partial charge in [-0.25, -0.2) is 0 Å². The van der Waals surface area contributed by atoms with E-state index >= 15 is 0 Å². The molecular formula is C9H13Cl2N3O. The molecule has 0 spiro atoms. The first kappa shape index (κ1) is 14.1. The molecule has 0 radical (unpaired) electrons. The maximum Gasteiger partial charge on any atom is 0.263 e. The van der Waals surface area contributed by atoms with Crippen LogP contribution < -0.4 is 10.6 Å². The Morgan fingerprint density at radius 1 is 1.33 bits per heavy atom. The molecule has 0 unspecified atom stereocenters. The zero-order valence-electron chi connectivity index (χ0n) is 8.22. The maximum absolute atomic E-state index is 11.3. The van der Waals surface area contributed by atoms with E-state index in [0.29, 0.717) is 31.3 Å². The quantitative estimate of drug-likeness (QED) is 0.306. The van der Waals surface area contributed by atoms with Crippen LogP contribution in [0.1, 0.15) is 6.42 Å². The van der Waals surface area contributed by atoms with E-state index in [1.54, 1.807) is 6.07 Å². The van der Waals surface area contributed by atoms with Crippen LogP contribution >= 0.6 is 23.2 Å². The molecule has 0 aliphatic heterocycles. The number of amides is 1. The summed E-state index contributed by atoms with van der Waals surface area (Å²) in [5.41, 5.74) is 0.0367. The predicted octanol–water partition coefficient (Wildman–Crippen LogP) is 0.967. The van der Waals surface area contributed by atoms with Crippen molar-refractivity contribution < 1.29 is 4.79 Å². The highest BCUT2D eigenvalue weighted by molar-refractivity contribution is 6.18. The van der Waals surface area contributed by atoms with Crippen LogP contribution in [0.5, 0.6) is 0 Å². The monoisotopic (exact) mass is 249 g/mol. The summed E-state index contributed by atoms with van der Waals surface area (Å²) >= 11 is 10.9. The van der Waals surface area contributed by atoms with Crippen molar-refractivity contribution in [2.45, 2.75) is 6.42 Å². The van der Waals surface area contributed by atoms with Crippen LogP contribution in [-0.2, 0) is 4.79 Å². The van der Waals surface area contributed by atoms with Gasteiger partial charge in [-0.05, 0) is 6.42 Å². The molecule has 1 amide bonds. The van der Waals surface area contributed by atoms with Gasteiger partial charge in [0.25, 0.3) is 5.91 Å². The highest BCUT2D eigenvalue weighted by Gasteiger charge is 2.06. The van der Waals surface area contributed by atoms with Gasteiger partial charge in [-0.2, -0.15) is 5.26 Å². The number of carbonyl (C=O) groups excluding carboxylic acids is 1. The second-order valence-electron chi connectivity index (χ2n) is 2.61. The van der Waals surface area contributed by atoms with Gasteiger partial charge in [0.05, 0.1) is 0 Å². The van der Waals surface area contributed by atoms with Crippen LogP contribution in [0.25, 0.3) is 0 Å². The van der Waals surface area contributed by atoms with Gasteiger partial charge in [0.2, 0.25) is 0 Å². The Morgan fingerprint density at radius 2 is 2.07 bits per heavy atom. The fourth-order valence-electron chi connectivity index (χ4n) is 0.741. The maximum atomic E-state index is 11.3. The van der Waals surface area contributed by atoms with E-state index in [1.165, 1.54) is 6.20 Å². The van der Waals surface area contributed by atoms with E-state index in [-0.39, 0.29) is 5.57 Å². The van der Waals surface area contributed by atoms with Crippen LogP contribution in [0.15, 0.2) is 11.8 Å². The zero-order chi connectivity index (χ0) is 11.5. The number of hydrogen-bond acceptors (Lipinski definition) is 3. The first-order chi connectivity index (χ1) is 7.26. The van der Waals surface area contributed by atoms with Crippen molar-refractivity contribution in [2.24, 2.45) is 0 Å². The van der Waals surface area contributed by atoms with Crippen molar-refractivity contribution in [3.63, 3.8) is 0 Å². The number of nitrogens with one attached hydrogen (secondary N) is 2. The highest BCUT2D eigenvalue weighted by atomic mass is 35.5. The average molecular weight is 250 g/mol. The fourth-order valence-corrected chi connectivity index (χ4v) is 0.984. The van der Waals surface area contributed by atoms with E-state index in [9.17, 15) is 4.79 Å². The van der Waals surface area contributed by atoms with Gasteiger partial charge >= 0.3 is 0 Å². The number of carbonyl (C=O) groups is 1. The van der Waals surface area contributed by atoms with Crippen LogP contribution in [-0.4, -0.2) is 30.8 Å². The summed E-state index contributed by atoms with van der Waals surface area (Å²) in [4.78, 5) is 11.3. The molecule has 0 aromatic carbocycles. The Bertz CT molecular complexity index is 261. The van der Waals surface area contributed by atoms with E-state index in [4.69, 9.17) is 28.5 Å². The molecule has 6 heteroatoms. The normalized spacial score (nSPS) is 10.6. The first-order valence-electron chi connectivity index (χ1n) is 4.50. The first-order valence-corrected chi connectivity index (χ1v) is 5.57. The van der Waals surface area contributed by atoms with E-state index in [0.717, 1.165) is 0 Å². The Morgan fingerprint density at radius 3 is 2.60 bits per heavy atom. The summed E-state index contributed by atoms with van der Waals surface area (Å²) in [5.74, 6) is 0.504. The lowest BCUT2D eigenvalue weighted by Crippen LogP contribution is -2.27. The van der Waals surface area contributed by atoms with Crippen LogP contribution in [0, 0.1) is 11.3 Å². The largest absolute Gasteiger partial charge is 0.388 e. The van der Waals surface area contributed by atoms with Crippen molar-refractivity contribution in [1.82, 2.24) is 10.6 Å². The topological polar surface area (TPSA) is 64.9 Å². The van der Waals surface area contributed by atoms with Gasteiger partial charge in [-0.1, -0.05) is 0 Å². The molecule has 0 saturated carbocycles. The van der Waals surface area contributed by atoms with Crippen LogP contribution in [0.3, 0.4) is 0 Å². The minimum Gasteiger partial charge on any atom is -0.388 e. The number of nitrogens with zero attached hydrogens (tertiary/aromatic N) is 1. The number of hydrogen-bond donors (Lipinski definition) is 2. The summed E-state index contributed by atoms with van der Waals surface area (Å²) < 4.78 is 0. The molecule has 15 heavy (non-hydrogen) atoms. The molecule has 4 nitrogen and oxygen atoms in total. The van der Waals surface area contributed by atoms with Crippen molar-refractivity contribution in [3.8, 4) is 6.07 Å². The van der Waals surface area contributed by atoms with E-state index in [2.05, 4.69) is 10.6 Å². The minimum absolute atomic E-state index is 0.0367. The van der Waals surface area contributed by atoms with Crippen LogP contribution in [0.4, 0.5) is 0 Å². The number of alkyl halides is 2. The predicted molar refractivity (Wildman–Crippen MR) is 60.8 cm³/mol. The van der Waals surface area contributed by atoms with Crippen molar-refractivity contribution in [3.05, 3.63) is 11.8 Å². The Balaban J connectivity index is 4.00.